The minimum absolute atomic E-state index is 0.167. The van der Waals surface area contributed by atoms with Crippen molar-refractivity contribution < 1.29 is 41.0 Å². The third kappa shape index (κ3) is 4.99. The highest BCUT2D eigenvalue weighted by atomic mass is 16.6. The fourth-order valence-corrected chi connectivity index (χ4v) is 2.28. The molecule has 27 heavy (non-hydrogen) atoms. The Morgan fingerprint density at radius 3 is 2.78 bits per heavy atom. The fraction of sp³-hybridized carbons (Fsp3) is 0.571. The summed E-state index contributed by atoms with van der Waals surface area (Å²) in [5, 5.41) is 37.6. The van der Waals surface area contributed by atoms with Crippen LogP contribution >= 0.6 is 0 Å². The highest BCUT2D eigenvalue weighted by Crippen LogP contribution is 2.28. The standard InChI is InChI=1S/C14H20N4O9/c15-6(1-2-9(19)20)13(23)26-5-7-10(21)11(22)12(27-7)18-4-3-8(17-25)16-14(18)24/h3-4,6-7,10-12,21-22,25H,1-2,5,15H2,(H,19,20)(H,16,17,24)/t6-,7-,10-,11-,12-/m1/s1/i12D. The zero-order valence-corrected chi connectivity index (χ0v) is 13.9. The molecule has 150 valence electrons. The minimum Gasteiger partial charge on any atom is -0.481 e. The van der Waals surface area contributed by atoms with Gasteiger partial charge in [-0.3, -0.25) is 24.8 Å². The number of aliphatic hydroxyl groups excluding tert-OH is 2. The molecule has 0 radical (unpaired) electrons. The van der Waals surface area contributed by atoms with E-state index in [9.17, 15) is 24.6 Å². The molecular formula is C14H20N4O9. The molecular weight excluding hydrogens is 368 g/mol. The average Bonchev–Trinajstić information content (AvgIpc) is 2.88. The van der Waals surface area contributed by atoms with Gasteiger partial charge in [0.1, 0.15) is 31.0 Å². The van der Waals surface area contributed by atoms with Crippen LogP contribution < -0.4 is 16.9 Å². The van der Waals surface area contributed by atoms with Gasteiger partial charge < -0.3 is 30.5 Å². The molecule has 0 spiro atoms. The monoisotopic (exact) mass is 389 g/mol. The van der Waals surface area contributed by atoms with Crippen LogP contribution in [-0.2, 0) is 19.1 Å². The first kappa shape index (κ1) is 19.2. The molecule has 0 bridgehead atoms. The van der Waals surface area contributed by atoms with Crippen molar-refractivity contribution >= 4 is 17.8 Å². The number of carbonyl (C=O) groups is 2. The lowest BCUT2D eigenvalue weighted by Gasteiger charge is -2.17. The van der Waals surface area contributed by atoms with E-state index in [1.54, 1.807) is 5.48 Å². The smallest absolute Gasteiger partial charge is 0.351 e. The van der Waals surface area contributed by atoms with Gasteiger partial charge in [-0.25, -0.2) is 4.79 Å². The van der Waals surface area contributed by atoms with Crippen molar-refractivity contribution in [1.82, 2.24) is 9.55 Å². The van der Waals surface area contributed by atoms with Crippen molar-refractivity contribution in [2.75, 3.05) is 12.1 Å². The summed E-state index contributed by atoms with van der Waals surface area (Å²) in [4.78, 5) is 37.7. The van der Waals surface area contributed by atoms with E-state index in [4.69, 9.17) is 26.9 Å². The predicted molar refractivity (Wildman–Crippen MR) is 85.6 cm³/mol. The van der Waals surface area contributed by atoms with E-state index in [1.807, 2.05) is 0 Å². The van der Waals surface area contributed by atoms with Gasteiger partial charge in [0.2, 0.25) is 0 Å². The van der Waals surface area contributed by atoms with E-state index in [0.717, 1.165) is 12.3 Å². The Hall–Kier alpha value is -2.58. The normalized spacial score (nSPS) is 29.0. The number of nitrogens with one attached hydrogen (secondary N) is 1. The number of hydrogen-bond acceptors (Lipinski definition) is 11. The Balaban J connectivity index is 2.06. The van der Waals surface area contributed by atoms with Crippen LogP contribution in [-0.4, -0.2) is 73.0 Å². The van der Waals surface area contributed by atoms with Crippen LogP contribution in [0.5, 0.6) is 0 Å². The SMILES string of the molecule is [2H][C@@]1(n2ccc(NO)nc2=O)O[C@H](COC(=O)[C@H](N)CCC(=O)O)[C@@H](O)[C@H]1O. The number of anilines is 1. The Kier molecular flexibility index (Phi) is 6.31. The molecule has 2 rings (SSSR count). The Morgan fingerprint density at radius 1 is 1.48 bits per heavy atom. The van der Waals surface area contributed by atoms with Crippen LogP contribution in [0.4, 0.5) is 5.82 Å². The van der Waals surface area contributed by atoms with Gasteiger partial charge >= 0.3 is 17.6 Å². The van der Waals surface area contributed by atoms with Gasteiger partial charge in [-0.2, -0.15) is 4.98 Å². The number of carbonyl (C=O) groups excluding carboxylic acids is 1. The van der Waals surface area contributed by atoms with E-state index in [2.05, 4.69) is 4.98 Å². The van der Waals surface area contributed by atoms with Gasteiger partial charge in [0, 0.05) is 12.6 Å². The maximum absolute atomic E-state index is 12.0. The quantitative estimate of drug-likeness (QED) is 0.200. The van der Waals surface area contributed by atoms with Gasteiger partial charge in [-0.05, 0) is 12.5 Å². The summed E-state index contributed by atoms with van der Waals surface area (Å²) in [6, 6.07) is -0.0970. The molecule has 1 saturated heterocycles. The predicted octanol–water partition coefficient (Wildman–Crippen LogP) is -2.60. The lowest BCUT2D eigenvalue weighted by molar-refractivity contribution is -0.152. The summed E-state index contributed by atoms with van der Waals surface area (Å²) in [6.45, 7) is -0.600. The van der Waals surface area contributed by atoms with E-state index in [-0.39, 0.29) is 18.7 Å². The second-order valence-corrected chi connectivity index (χ2v) is 5.68. The van der Waals surface area contributed by atoms with Crippen LogP contribution in [0.1, 0.15) is 20.4 Å². The number of rotatable bonds is 8. The fourth-order valence-electron chi connectivity index (χ4n) is 2.28. The molecule has 13 nitrogen and oxygen atoms in total. The molecule has 0 saturated carbocycles. The third-order valence-electron chi connectivity index (χ3n) is 3.75. The summed E-state index contributed by atoms with van der Waals surface area (Å²) in [5.41, 5.74) is 6.08. The van der Waals surface area contributed by atoms with Crippen LogP contribution in [0.2, 0.25) is 0 Å². The number of aliphatic hydroxyl groups is 2. The number of carboxylic acid groups (broad SMARTS) is 1. The largest absolute Gasteiger partial charge is 0.481 e. The van der Waals surface area contributed by atoms with E-state index >= 15 is 0 Å². The average molecular weight is 389 g/mol. The molecule has 5 atom stereocenters. The van der Waals surface area contributed by atoms with Gasteiger partial charge in [0.05, 0.1) is 1.37 Å². The van der Waals surface area contributed by atoms with E-state index in [0.29, 0.717) is 4.57 Å². The maximum atomic E-state index is 12.0. The van der Waals surface area contributed by atoms with Crippen molar-refractivity contribution in [2.24, 2.45) is 5.73 Å². The number of hydrogen-bond donors (Lipinski definition) is 6. The van der Waals surface area contributed by atoms with Crippen molar-refractivity contribution in [1.29, 1.82) is 0 Å². The Bertz CT molecular complexity index is 790. The zero-order valence-electron chi connectivity index (χ0n) is 14.9. The minimum atomic E-state index is -2.47. The molecule has 1 aromatic rings. The molecule has 1 aromatic heterocycles. The third-order valence-corrected chi connectivity index (χ3v) is 3.75. The van der Waals surface area contributed by atoms with Crippen LogP contribution in [0.3, 0.4) is 0 Å². The van der Waals surface area contributed by atoms with E-state index < -0.39 is 54.8 Å². The molecule has 0 unspecified atom stereocenters. The number of aliphatic carboxylic acids is 1. The highest BCUT2D eigenvalue weighted by Gasteiger charge is 2.44. The molecule has 0 aromatic carbocycles. The van der Waals surface area contributed by atoms with Gasteiger partial charge in [-0.1, -0.05) is 0 Å². The molecule has 13 heteroatoms. The molecule has 7 N–H and O–H groups in total. The number of carboxylic acids is 1. The Morgan fingerprint density at radius 2 is 2.19 bits per heavy atom. The summed E-state index contributed by atoms with van der Waals surface area (Å²) in [5.74, 6) is -2.30. The van der Waals surface area contributed by atoms with E-state index in [1.165, 1.54) is 0 Å². The number of esters is 1. The molecule has 1 aliphatic rings. The van der Waals surface area contributed by atoms with Gasteiger partial charge in [0.25, 0.3) is 0 Å². The lowest BCUT2D eigenvalue weighted by Crippen LogP contribution is -2.38. The zero-order chi connectivity index (χ0) is 21.1. The summed E-state index contributed by atoms with van der Waals surface area (Å²) in [7, 11) is 0. The van der Waals surface area contributed by atoms with Crippen molar-refractivity contribution in [3.05, 3.63) is 22.7 Å². The first-order chi connectivity index (χ1) is 13.1. The molecule has 0 amide bonds. The number of ether oxygens (including phenoxy) is 2. The lowest BCUT2D eigenvalue weighted by atomic mass is 10.1. The van der Waals surface area contributed by atoms with Crippen molar-refractivity contribution in [2.45, 2.75) is 43.4 Å². The molecule has 0 aliphatic carbocycles. The molecule has 2 heterocycles. The van der Waals surface area contributed by atoms with Crippen LogP contribution in [0.25, 0.3) is 0 Å². The van der Waals surface area contributed by atoms with Crippen molar-refractivity contribution in [3.63, 3.8) is 0 Å². The summed E-state index contributed by atoms with van der Waals surface area (Å²) < 4.78 is 18.9. The van der Waals surface area contributed by atoms with Gasteiger partial charge in [0.15, 0.2) is 12.0 Å². The Labute approximate surface area is 153 Å². The van der Waals surface area contributed by atoms with Gasteiger partial charge in [-0.15, -0.1) is 0 Å². The summed E-state index contributed by atoms with van der Waals surface area (Å²) >= 11 is 0. The van der Waals surface area contributed by atoms with Crippen LogP contribution in [0, 0.1) is 0 Å². The first-order valence-corrected chi connectivity index (χ1v) is 7.78. The number of nitrogens with two attached hydrogens (primary N) is 1. The summed E-state index contributed by atoms with van der Waals surface area (Å²) in [6.07, 6.45) is -6.94. The highest BCUT2D eigenvalue weighted by molar-refractivity contribution is 5.76. The molecule has 1 aliphatic heterocycles. The first-order valence-electron chi connectivity index (χ1n) is 8.28. The molecule has 1 fully saturated rings. The van der Waals surface area contributed by atoms with Crippen LogP contribution in [0.15, 0.2) is 17.1 Å². The van der Waals surface area contributed by atoms with Crippen molar-refractivity contribution in [3.8, 4) is 0 Å². The second-order valence-electron chi connectivity index (χ2n) is 5.68. The topological polar surface area (TPSA) is 206 Å². The number of aromatic nitrogens is 2. The number of nitrogens with zero attached hydrogens (tertiary/aromatic N) is 2. The second kappa shape index (κ2) is 8.88. The maximum Gasteiger partial charge on any atom is 0.351 e.